The predicted octanol–water partition coefficient (Wildman–Crippen LogP) is 1.91. The van der Waals surface area contributed by atoms with E-state index in [0.717, 1.165) is 18.8 Å². The van der Waals surface area contributed by atoms with Crippen LogP contribution in [0, 0.1) is 5.92 Å². The van der Waals surface area contributed by atoms with Gasteiger partial charge in [0.15, 0.2) is 0 Å². The molecular formula is C13H22N4O2. The second-order valence-corrected chi connectivity index (χ2v) is 4.68. The van der Waals surface area contributed by atoms with E-state index in [2.05, 4.69) is 39.2 Å². The third kappa shape index (κ3) is 6.59. The fourth-order valence-electron chi connectivity index (χ4n) is 1.51. The minimum Gasteiger partial charge on any atom is -0.468 e. The molecule has 0 aromatic carbocycles. The van der Waals surface area contributed by atoms with E-state index in [0.29, 0.717) is 11.7 Å². The van der Waals surface area contributed by atoms with Crippen molar-refractivity contribution in [2.45, 2.75) is 26.7 Å². The van der Waals surface area contributed by atoms with Crippen LogP contribution in [0.25, 0.3) is 0 Å². The van der Waals surface area contributed by atoms with E-state index in [1.807, 2.05) is 0 Å². The fourth-order valence-corrected chi connectivity index (χ4v) is 1.51. The monoisotopic (exact) mass is 266 g/mol. The van der Waals surface area contributed by atoms with Crippen molar-refractivity contribution in [3.05, 3.63) is 12.4 Å². The molecule has 0 saturated carbocycles. The number of nitrogens with zero attached hydrogens (tertiary/aromatic N) is 2. The molecule has 0 aliphatic carbocycles. The number of hydrogen-bond donors (Lipinski definition) is 2. The molecule has 0 amide bonds. The lowest BCUT2D eigenvalue weighted by Gasteiger charge is -2.08. The van der Waals surface area contributed by atoms with Crippen molar-refractivity contribution in [3.63, 3.8) is 0 Å². The largest absolute Gasteiger partial charge is 0.468 e. The Morgan fingerprint density at radius 2 is 2.00 bits per heavy atom. The molecular weight excluding hydrogens is 244 g/mol. The Kier molecular flexibility index (Phi) is 6.63. The van der Waals surface area contributed by atoms with Crippen molar-refractivity contribution in [1.82, 2.24) is 9.97 Å². The molecule has 0 spiro atoms. The average molecular weight is 266 g/mol. The molecule has 19 heavy (non-hydrogen) atoms. The minimum atomic E-state index is -0.329. The van der Waals surface area contributed by atoms with Gasteiger partial charge in [-0.25, -0.2) is 9.97 Å². The second-order valence-electron chi connectivity index (χ2n) is 4.68. The molecule has 1 heterocycles. The molecule has 1 aromatic heterocycles. The van der Waals surface area contributed by atoms with Crippen molar-refractivity contribution in [2.24, 2.45) is 5.92 Å². The van der Waals surface area contributed by atoms with Crippen LogP contribution in [-0.4, -0.2) is 36.1 Å². The summed E-state index contributed by atoms with van der Waals surface area (Å²) in [7, 11) is 1.35. The summed E-state index contributed by atoms with van der Waals surface area (Å²) in [6, 6.07) is 1.78. The van der Waals surface area contributed by atoms with Crippen molar-refractivity contribution in [1.29, 1.82) is 0 Å². The number of aromatic nitrogens is 2. The standard InChI is InChI=1S/C13H22N4O2/c1-10(2)5-4-6-14-11-7-12(17-9-16-11)15-8-13(18)19-3/h7,9-10H,4-6,8H2,1-3H3,(H2,14,15,16,17). The summed E-state index contributed by atoms with van der Waals surface area (Å²) in [5.41, 5.74) is 0. The molecule has 0 bridgehead atoms. The molecule has 0 aliphatic rings. The molecule has 0 saturated heterocycles. The van der Waals surface area contributed by atoms with Gasteiger partial charge in [-0.3, -0.25) is 4.79 Å². The fraction of sp³-hybridized carbons (Fsp3) is 0.615. The molecule has 0 unspecified atom stereocenters. The van der Waals surface area contributed by atoms with Gasteiger partial charge in [-0.05, 0) is 18.8 Å². The smallest absolute Gasteiger partial charge is 0.325 e. The minimum absolute atomic E-state index is 0.0975. The van der Waals surface area contributed by atoms with Gasteiger partial charge in [0.05, 0.1) is 7.11 Å². The van der Waals surface area contributed by atoms with Crippen LogP contribution >= 0.6 is 0 Å². The van der Waals surface area contributed by atoms with Gasteiger partial charge in [0.25, 0.3) is 0 Å². The highest BCUT2D eigenvalue weighted by Gasteiger charge is 2.02. The summed E-state index contributed by atoms with van der Waals surface area (Å²) in [6.45, 7) is 5.39. The SMILES string of the molecule is COC(=O)CNc1cc(NCCCC(C)C)ncn1. The summed E-state index contributed by atoms with van der Waals surface area (Å²) in [5, 5.41) is 6.11. The van der Waals surface area contributed by atoms with Crippen molar-refractivity contribution in [2.75, 3.05) is 30.8 Å². The van der Waals surface area contributed by atoms with Crippen LogP contribution in [0.1, 0.15) is 26.7 Å². The van der Waals surface area contributed by atoms with Gasteiger partial charge in [0, 0.05) is 12.6 Å². The first-order valence-electron chi connectivity index (χ1n) is 6.48. The summed E-state index contributed by atoms with van der Waals surface area (Å²) in [4.78, 5) is 19.2. The van der Waals surface area contributed by atoms with E-state index in [9.17, 15) is 4.79 Å². The molecule has 0 radical (unpaired) electrons. The summed E-state index contributed by atoms with van der Waals surface area (Å²) in [6.07, 6.45) is 3.75. The number of nitrogens with one attached hydrogen (secondary N) is 2. The maximum Gasteiger partial charge on any atom is 0.325 e. The molecule has 1 aromatic rings. The number of carbonyl (C=O) groups excluding carboxylic acids is 1. The van der Waals surface area contributed by atoms with Crippen molar-refractivity contribution < 1.29 is 9.53 Å². The van der Waals surface area contributed by atoms with Crippen LogP contribution in [0.15, 0.2) is 12.4 Å². The average Bonchev–Trinajstić information content (AvgIpc) is 2.41. The van der Waals surface area contributed by atoms with E-state index in [1.54, 1.807) is 6.07 Å². The van der Waals surface area contributed by atoms with Gasteiger partial charge in [0.2, 0.25) is 0 Å². The van der Waals surface area contributed by atoms with Crippen LogP contribution in [-0.2, 0) is 9.53 Å². The van der Waals surface area contributed by atoms with Gasteiger partial charge in [-0.1, -0.05) is 13.8 Å². The number of esters is 1. The molecule has 0 aliphatic heterocycles. The highest BCUT2D eigenvalue weighted by molar-refractivity contribution is 5.74. The molecule has 2 N–H and O–H groups in total. The van der Waals surface area contributed by atoms with Gasteiger partial charge in [-0.2, -0.15) is 0 Å². The van der Waals surface area contributed by atoms with Crippen LogP contribution in [0.2, 0.25) is 0 Å². The van der Waals surface area contributed by atoms with Gasteiger partial charge < -0.3 is 15.4 Å². The molecule has 106 valence electrons. The van der Waals surface area contributed by atoms with Crippen LogP contribution < -0.4 is 10.6 Å². The number of carbonyl (C=O) groups is 1. The topological polar surface area (TPSA) is 76.1 Å². The van der Waals surface area contributed by atoms with E-state index in [-0.39, 0.29) is 12.5 Å². The maximum atomic E-state index is 11.0. The zero-order valence-electron chi connectivity index (χ0n) is 11.8. The lowest BCUT2D eigenvalue weighted by molar-refractivity contribution is -0.138. The molecule has 1 rings (SSSR count). The van der Waals surface area contributed by atoms with E-state index in [4.69, 9.17) is 0 Å². The first kappa shape index (κ1) is 15.2. The lowest BCUT2D eigenvalue weighted by Crippen LogP contribution is -2.16. The number of ether oxygens (including phenoxy) is 1. The van der Waals surface area contributed by atoms with Crippen molar-refractivity contribution >= 4 is 17.6 Å². The highest BCUT2D eigenvalue weighted by atomic mass is 16.5. The second kappa shape index (κ2) is 8.29. The Balaban J connectivity index is 2.37. The number of anilines is 2. The van der Waals surface area contributed by atoms with Crippen molar-refractivity contribution in [3.8, 4) is 0 Å². The zero-order valence-corrected chi connectivity index (χ0v) is 11.8. The Morgan fingerprint density at radius 3 is 2.63 bits per heavy atom. The van der Waals surface area contributed by atoms with Crippen LogP contribution in [0.5, 0.6) is 0 Å². The molecule has 0 fully saturated rings. The lowest BCUT2D eigenvalue weighted by atomic mass is 10.1. The Hall–Kier alpha value is -1.85. The van der Waals surface area contributed by atoms with E-state index in [1.165, 1.54) is 19.9 Å². The summed E-state index contributed by atoms with van der Waals surface area (Å²) in [5.74, 6) is 1.74. The Labute approximate surface area is 114 Å². The van der Waals surface area contributed by atoms with E-state index >= 15 is 0 Å². The van der Waals surface area contributed by atoms with Gasteiger partial charge >= 0.3 is 5.97 Å². The van der Waals surface area contributed by atoms with Crippen LogP contribution in [0.4, 0.5) is 11.6 Å². The number of rotatable bonds is 8. The summed E-state index contributed by atoms with van der Waals surface area (Å²) >= 11 is 0. The Morgan fingerprint density at radius 1 is 1.32 bits per heavy atom. The highest BCUT2D eigenvalue weighted by Crippen LogP contribution is 2.09. The van der Waals surface area contributed by atoms with Crippen LogP contribution in [0.3, 0.4) is 0 Å². The first-order valence-corrected chi connectivity index (χ1v) is 6.48. The predicted molar refractivity (Wildman–Crippen MR) is 75.1 cm³/mol. The quantitative estimate of drug-likeness (QED) is 0.553. The number of hydrogen-bond acceptors (Lipinski definition) is 6. The molecule has 6 heteroatoms. The third-order valence-corrected chi connectivity index (χ3v) is 2.57. The van der Waals surface area contributed by atoms with E-state index < -0.39 is 0 Å². The Bertz CT molecular complexity index is 396. The maximum absolute atomic E-state index is 11.0. The summed E-state index contributed by atoms with van der Waals surface area (Å²) < 4.78 is 4.54. The van der Waals surface area contributed by atoms with Gasteiger partial charge in [-0.15, -0.1) is 0 Å². The normalized spacial score (nSPS) is 10.3. The molecule has 6 nitrogen and oxygen atoms in total. The molecule has 0 atom stereocenters. The zero-order chi connectivity index (χ0) is 14.1. The first-order chi connectivity index (χ1) is 9.11. The third-order valence-electron chi connectivity index (χ3n) is 2.57. The number of methoxy groups -OCH3 is 1. The van der Waals surface area contributed by atoms with Gasteiger partial charge in [0.1, 0.15) is 24.5 Å².